The highest BCUT2D eigenvalue weighted by Gasteiger charge is 2.08. The van der Waals surface area contributed by atoms with Crippen LogP contribution in [0.5, 0.6) is 0 Å². The molecule has 5 heteroatoms. The number of rotatable bonds is 5. The van der Waals surface area contributed by atoms with Crippen LogP contribution in [0.15, 0.2) is 34.1 Å². The Morgan fingerprint density at radius 1 is 1.32 bits per heavy atom. The van der Waals surface area contributed by atoms with Gasteiger partial charge in [0, 0.05) is 30.8 Å². The van der Waals surface area contributed by atoms with Gasteiger partial charge >= 0.3 is 0 Å². The average Bonchev–Trinajstić information content (AvgIpc) is 2.78. The fourth-order valence-electron chi connectivity index (χ4n) is 1.80. The average molecular weight is 379 g/mol. The van der Waals surface area contributed by atoms with Gasteiger partial charge < -0.3 is 5.32 Å². The summed E-state index contributed by atoms with van der Waals surface area (Å²) in [6.45, 7) is 3.06. The standard InChI is InChI=1S/C14H14BrCl2NS/c1-9(14-6-11(15)8-19-14)18-5-4-10-2-3-12(16)7-13(10)17/h2-3,6-9,18H,4-5H2,1H3. The Hall–Kier alpha value is -0.0600. The first-order valence-corrected chi connectivity index (χ1v) is 8.40. The van der Waals surface area contributed by atoms with E-state index in [9.17, 15) is 0 Å². The maximum atomic E-state index is 6.15. The molecular weight excluding hydrogens is 365 g/mol. The highest BCUT2D eigenvalue weighted by Crippen LogP contribution is 2.25. The lowest BCUT2D eigenvalue weighted by atomic mass is 10.1. The topological polar surface area (TPSA) is 12.0 Å². The van der Waals surface area contributed by atoms with E-state index in [-0.39, 0.29) is 0 Å². The third-order valence-electron chi connectivity index (χ3n) is 2.87. The molecule has 1 aromatic heterocycles. The van der Waals surface area contributed by atoms with Gasteiger partial charge in [0.25, 0.3) is 0 Å². The van der Waals surface area contributed by atoms with Crippen LogP contribution < -0.4 is 5.32 Å². The molecule has 1 nitrogen and oxygen atoms in total. The second-order valence-corrected chi connectivity index (χ2v) is 7.03. The third-order valence-corrected chi connectivity index (χ3v) is 5.34. The summed E-state index contributed by atoms with van der Waals surface area (Å²) in [7, 11) is 0. The lowest BCUT2D eigenvalue weighted by molar-refractivity contribution is 0.584. The molecule has 19 heavy (non-hydrogen) atoms. The first-order valence-electron chi connectivity index (χ1n) is 5.97. The van der Waals surface area contributed by atoms with Gasteiger partial charge in [-0.05, 0) is 59.6 Å². The Labute approximate surface area is 136 Å². The zero-order valence-electron chi connectivity index (χ0n) is 10.4. The minimum atomic E-state index is 0.349. The van der Waals surface area contributed by atoms with Crippen LogP contribution in [-0.4, -0.2) is 6.54 Å². The Morgan fingerprint density at radius 2 is 2.11 bits per heavy atom. The van der Waals surface area contributed by atoms with Crippen LogP contribution in [0.25, 0.3) is 0 Å². The van der Waals surface area contributed by atoms with E-state index in [1.54, 1.807) is 17.4 Å². The van der Waals surface area contributed by atoms with E-state index in [2.05, 4.69) is 39.6 Å². The van der Waals surface area contributed by atoms with Crippen molar-refractivity contribution in [3.05, 3.63) is 54.6 Å². The minimum absolute atomic E-state index is 0.349. The van der Waals surface area contributed by atoms with Gasteiger partial charge in [-0.3, -0.25) is 0 Å². The predicted octanol–water partition coefficient (Wildman–Crippen LogP) is 5.71. The number of benzene rings is 1. The summed E-state index contributed by atoms with van der Waals surface area (Å²) in [5, 5.41) is 7.02. The molecule has 0 spiro atoms. The second kappa shape index (κ2) is 7.09. The van der Waals surface area contributed by atoms with Crippen LogP contribution >= 0.6 is 50.5 Å². The van der Waals surface area contributed by atoms with Gasteiger partial charge in [0.1, 0.15) is 0 Å². The zero-order chi connectivity index (χ0) is 13.8. The van der Waals surface area contributed by atoms with Crippen molar-refractivity contribution in [2.24, 2.45) is 0 Å². The Bertz CT molecular complexity index is 556. The minimum Gasteiger partial charge on any atom is -0.309 e. The summed E-state index contributed by atoms with van der Waals surface area (Å²) < 4.78 is 1.14. The molecule has 0 aliphatic carbocycles. The molecule has 1 aromatic carbocycles. The molecule has 0 radical (unpaired) electrons. The molecular formula is C14H14BrCl2NS. The maximum Gasteiger partial charge on any atom is 0.0453 e. The van der Waals surface area contributed by atoms with Crippen LogP contribution in [0, 0.1) is 0 Å². The molecule has 0 saturated heterocycles. The van der Waals surface area contributed by atoms with Gasteiger partial charge in [0.15, 0.2) is 0 Å². The molecule has 1 unspecified atom stereocenters. The van der Waals surface area contributed by atoms with E-state index in [0.29, 0.717) is 11.1 Å². The zero-order valence-corrected chi connectivity index (χ0v) is 14.3. The summed E-state index contributed by atoms with van der Waals surface area (Å²) in [6.07, 6.45) is 0.896. The monoisotopic (exact) mass is 377 g/mol. The van der Waals surface area contributed by atoms with E-state index in [4.69, 9.17) is 23.2 Å². The molecule has 0 bridgehead atoms. The van der Waals surface area contributed by atoms with Crippen LogP contribution in [0.1, 0.15) is 23.4 Å². The molecule has 0 aliphatic heterocycles. The van der Waals surface area contributed by atoms with Crippen molar-refractivity contribution < 1.29 is 0 Å². The van der Waals surface area contributed by atoms with Crippen LogP contribution in [-0.2, 0) is 6.42 Å². The molecule has 0 saturated carbocycles. The van der Waals surface area contributed by atoms with Crippen molar-refractivity contribution in [1.82, 2.24) is 5.32 Å². The molecule has 1 atom stereocenters. The molecule has 0 aliphatic rings. The van der Waals surface area contributed by atoms with Crippen molar-refractivity contribution in [3.63, 3.8) is 0 Å². The van der Waals surface area contributed by atoms with Gasteiger partial charge in [-0.25, -0.2) is 0 Å². The third kappa shape index (κ3) is 4.47. The fourth-order valence-corrected chi connectivity index (χ4v) is 3.78. The first kappa shape index (κ1) is 15.3. The van der Waals surface area contributed by atoms with Gasteiger partial charge in [0.2, 0.25) is 0 Å². The molecule has 2 aromatic rings. The van der Waals surface area contributed by atoms with Gasteiger partial charge in [-0.15, -0.1) is 11.3 Å². The van der Waals surface area contributed by atoms with E-state index in [0.717, 1.165) is 28.0 Å². The fraction of sp³-hybridized carbons (Fsp3) is 0.286. The van der Waals surface area contributed by atoms with Crippen molar-refractivity contribution >= 4 is 50.5 Å². The van der Waals surface area contributed by atoms with Crippen molar-refractivity contribution in [2.75, 3.05) is 6.54 Å². The van der Waals surface area contributed by atoms with Crippen LogP contribution in [0.4, 0.5) is 0 Å². The lowest BCUT2D eigenvalue weighted by Gasteiger charge is -2.12. The summed E-state index contributed by atoms with van der Waals surface area (Å²) >= 11 is 17.3. The van der Waals surface area contributed by atoms with Gasteiger partial charge in [-0.1, -0.05) is 29.3 Å². The first-order chi connectivity index (χ1) is 9.06. The Balaban J connectivity index is 1.86. The summed E-state index contributed by atoms with van der Waals surface area (Å²) in [4.78, 5) is 1.33. The molecule has 1 heterocycles. The SMILES string of the molecule is CC(NCCc1ccc(Cl)cc1Cl)c1cc(Br)cs1. The second-order valence-electron chi connectivity index (χ2n) is 4.33. The van der Waals surface area contributed by atoms with Gasteiger partial charge in [0.05, 0.1) is 0 Å². The van der Waals surface area contributed by atoms with Crippen LogP contribution in [0.3, 0.4) is 0 Å². The van der Waals surface area contributed by atoms with E-state index in [1.165, 1.54) is 4.88 Å². The number of halogens is 3. The number of hydrogen-bond donors (Lipinski definition) is 1. The predicted molar refractivity (Wildman–Crippen MR) is 88.6 cm³/mol. The number of nitrogens with one attached hydrogen (secondary N) is 1. The Kier molecular flexibility index (Phi) is 5.72. The largest absolute Gasteiger partial charge is 0.309 e. The summed E-state index contributed by atoms with van der Waals surface area (Å²) in [6, 6.07) is 8.15. The van der Waals surface area contributed by atoms with Crippen molar-refractivity contribution in [3.8, 4) is 0 Å². The maximum absolute atomic E-state index is 6.15. The normalized spacial score (nSPS) is 12.6. The highest BCUT2D eigenvalue weighted by atomic mass is 79.9. The van der Waals surface area contributed by atoms with Gasteiger partial charge in [-0.2, -0.15) is 0 Å². The van der Waals surface area contributed by atoms with Crippen molar-refractivity contribution in [2.45, 2.75) is 19.4 Å². The molecule has 0 fully saturated rings. The molecule has 102 valence electrons. The molecule has 2 rings (SSSR count). The Morgan fingerprint density at radius 3 is 2.74 bits per heavy atom. The lowest BCUT2D eigenvalue weighted by Crippen LogP contribution is -2.20. The number of thiophene rings is 1. The molecule has 1 N–H and O–H groups in total. The number of hydrogen-bond acceptors (Lipinski definition) is 2. The van der Waals surface area contributed by atoms with Crippen LogP contribution in [0.2, 0.25) is 10.0 Å². The van der Waals surface area contributed by atoms with Crippen molar-refractivity contribution in [1.29, 1.82) is 0 Å². The highest BCUT2D eigenvalue weighted by molar-refractivity contribution is 9.10. The van der Waals surface area contributed by atoms with E-state index < -0.39 is 0 Å². The summed E-state index contributed by atoms with van der Waals surface area (Å²) in [5.41, 5.74) is 1.12. The molecule has 0 amide bonds. The summed E-state index contributed by atoms with van der Waals surface area (Å²) in [5.74, 6) is 0. The quantitative estimate of drug-likeness (QED) is 0.702. The smallest absolute Gasteiger partial charge is 0.0453 e. The van der Waals surface area contributed by atoms with E-state index >= 15 is 0 Å². The van der Waals surface area contributed by atoms with E-state index in [1.807, 2.05) is 12.1 Å².